The van der Waals surface area contributed by atoms with Gasteiger partial charge in [0.05, 0.1) is 13.7 Å². The van der Waals surface area contributed by atoms with Crippen molar-refractivity contribution in [1.82, 2.24) is 9.97 Å². The number of pyridine rings is 2. The van der Waals surface area contributed by atoms with Crippen molar-refractivity contribution in [3.05, 3.63) is 114 Å². The second kappa shape index (κ2) is 14.5. The van der Waals surface area contributed by atoms with Crippen LogP contribution in [0.5, 0.6) is 0 Å². The summed E-state index contributed by atoms with van der Waals surface area (Å²) in [5.74, 6) is -0.0892. The Bertz CT molecular complexity index is 1970. The maximum Gasteiger partial charge on any atom is 0.126 e. The standard InChI is InChI=1S/C23H19FNO.C17H22NSi.Ir/c24-18-6-7-19-20-13-17(5-8-22(20)26-23(19)14-18)21-12-16(9-10-25-21)11-15-3-1-2-4-15;1-13(2)15-11-16(14-9-7-6-8-10-14)18-12-17(15)19(3,4)5;/h6-10,12-15H,1-4,11H2;6-9,11-13H,1-5H3;/q2*-1;/i;13D;. The van der Waals surface area contributed by atoms with E-state index in [1.54, 1.807) is 6.07 Å². The minimum atomic E-state index is -1.50. The molecule has 0 atom stereocenters. The fraction of sp³-hybridized carbons (Fsp3) is 0.300. The Hall–Kier alpha value is -3.44. The van der Waals surface area contributed by atoms with Crippen LogP contribution < -0.4 is 5.19 Å². The summed E-state index contributed by atoms with van der Waals surface area (Å²) in [6.45, 7) is 10.8. The molecule has 1 aliphatic rings. The number of hydrogen-bond acceptors (Lipinski definition) is 3. The molecule has 1 saturated carbocycles. The van der Waals surface area contributed by atoms with Gasteiger partial charge >= 0.3 is 0 Å². The molecule has 7 rings (SSSR count). The van der Waals surface area contributed by atoms with Crippen molar-refractivity contribution in [2.24, 2.45) is 5.92 Å². The Morgan fingerprint density at radius 3 is 2.41 bits per heavy atom. The van der Waals surface area contributed by atoms with Crippen LogP contribution in [0, 0.1) is 23.9 Å². The molecule has 0 spiro atoms. The van der Waals surface area contributed by atoms with E-state index in [0.29, 0.717) is 5.58 Å². The van der Waals surface area contributed by atoms with Crippen LogP contribution in [-0.4, -0.2) is 18.0 Å². The largest absolute Gasteiger partial charge is 0.500 e. The Labute approximate surface area is 288 Å². The fourth-order valence-corrected chi connectivity index (χ4v) is 7.89. The zero-order valence-corrected chi connectivity index (χ0v) is 30.6. The summed E-state index contributed by atoms with van der Waals surface area (Å²) in [4.78, 5) is 9.16. The summed E-state index contributed by atoms with van der Waals surface area (Å²) in [6, 6.07) is 29.2. The topological polar surface area (TPSA) is 38.9 Å². The van der Waals surface area contributed by atoms with Crippen LogP contribution in [0.2, 0.25) is 19.6 Å². The average molecular weight is 806 g/mol. The second-order valence-corrected chi connectivity index (χ2v) is 18.5. The molecular weight excluding hydrogens is 764 g/mol. The summed E-state index contributed by atoms with van der Waals surface area (Å²) < 4.78 is 27.6. The Morgan fingerprint density at radius 2 is 1.70 bits per heavy atom. The fourth-order valence-electron chi connectivity index (χ4n) is 6.31. The van der Waals surface area contributed by atoms with E-state index >= 15 is 0 Å². The van der Waals surface area contributed by atoms with E-state index in [0.717, 1.165) is 56.8 Å². The van der Waals surface area contributed by atoms with E-state index in [9.17, 15) is 4.39 Å². The summed E-state index contributed by atoms with van der Waals surface area (Å²) in [5, 5.41) is 3.16. The Kier molecular flexibility index (Phi) is 10.3. The molecule has 0 aliphatic heterocycles. The molecule has 3 heterocycles. The first-order valence-corrected chi connectivity index (χ1v) is 19.4. The van der Waals surface area contributed by atoms with Gasteiger partial charge in [-0.25, -0.2) is 4.39 Å². The second-order valence-electron chi connectivity index (χ2n) is 13.4. The summed E-state index contributed by atoms with van der Waals surface area (Å²) >= 11 is 0. The number of hydrogen-bond donors (Lipinski definition) is 0. The van der Waals surface area contributed by atoms with E-state index in [2.05, 4.69) is 59.9 Å². The predicted octanol–water partition coefficient (Wildman–Crippen LogP) is 10.5. The molecule has 3 aromatic heterocycles. The molecule has 0 amide bonds. The van der Waals surface area contributed by atoms with E-state index in [-0.39, 0.29) is 25.9 Å². The zero-order valence-electron chi connectivity index (χ0n) is 28.2. The van der Waals surface area contributed by atoms with Gasteiger partial charge in [-0.3, -0.25) is 0 Å². The number of fused-ring (bicyclic) bond motifs is 3. The van der Waals surface area contributed by atoms with Crippen molar-refractivity contribution in [2.75, 3.05) is 0 Å². The van der Waals surface area contributed by atoms with Gasteiger partial charge in [-0.05, 0) is 53.0 Å². The molecule has 239 valence electrons. The number of furan rings is 1. The molecule has 1 radical (unpaired) electrons. The number of halogens is 1. The monoisotopic (exact) mass is 806 g/mol. The van der Waals surface area contributed by atoms with Gasteiger partial charge in [0.25, 0.3) is 0 Å². The van der Waals surface area contributed by atoms with E-state index in [4.69, 9.17) is 5.79 Å². The molecular formula is C40H41FIrN2OSi-2. The molecule has 0 bridgehead atoms. The third kappa shape index (κ3) is 7.74. The normalized spacial score (nSPS) is 14.1. The third-order valence-electron chi connectivity index (χ3n) is 8.70. The predicted molar refractivity (Wildman–Crippen MR) is 187 cm³/mol. The van der Waals surface area contributed by atoms with Gasteiger partial charge in [0.1, 0.15) is 11.4 Å². The number of benzene rings is 3. The molecule has 3 aromatic carbocycles. The van der Waals surface area contributed by atoms with E-state index in [1.165, 1.54) is 48.6 Å². The number of aromatic nitrogens is 2. The Morgan fingerprint density at radius 1 is 0.913 bits per heavy atom. The van der Waals surface area contributed by atoms with Crippen LogP contribution in [0.3, 0.4) is 0 Å². The SMILES string of the molecule is Fc1ccc2c(c1)oc1c[c-]c(-c3cc(CC4CCCC4)ccn3)cc12.[2H]C(C)(C)c1cc(-c2[c-]cccc2)ncc1[Si](C)(C)C.[Ir]. The maximum absolute atomic E-state index is 13.4. The molecule has 1 aliphatic carbocycles. The van der Waals surface area contributed by atoms with Gasteiger partial charge in [-0.1, -0.05) is 87.8 Å². The van der Waals surface area contributed by atoms with Crippen LogP contribution in [0.25, 0.3) is 44.5 Å². The summed E-state index contributed by atoms with van der Waals surface area (Å²) in [7, 11) is -1.50. The first kappa shape index (κ1) is 32.5. The van der Waals surface area contributed by atoms with Crippen LogP contribution in [0.1, 0.15) is 57.9 Å². The molecule has 46 heavy (non-hydrogen) atoms. The van der Waals surface area contributed by atoms with Gasteiger partial charge < -0.3 is 14.4 Å². The molecule has 0 saturated heterocycles. The van der Waals surface area contributed by atoms with Crippen molar-refractivity contribution in [3.8, 4) is 22.5 Å². The molecule has 1 fully saturated rings. The number of nitrogens with zero attached hydrogens (tertiary/aromatic N) is 2. The Balaban J connectivity index is 0.000000188. The van der Waals surface area contributed by atoms with Gasteiger partial charge in [0.15, 0.2) is 0 Å². The molecule has 3 nitrogen and oxygen atoms in total. The van der Waals surface area contributed by atoms with Crippen molar-refractivity contribution in [1.29, 1.82) is 0 Å². The van der Waals surface area contributed by atoms with Crippen LogP contribution in [0.4, 0.5) is 4.39 Å². The van der Waals surface area contributed by atoms with E-state index in [1.807, 2.05) is 62.6 Å². The van der Waals surface area contributed by atoms with Crippen molar-refractivity contribution >= 4 is 35.2 Å². The molecule has 6 aromatic rings. The average Bonchev–Trinajstić information content (AvgIpc) is 3.67. The minimum Gasteiger partial charge on any atom is -0.500 e. The smallest absolute Gasteiger partial charge is 0.126 e. The summed E-state index contributed by atoms with van der Waals surface area (Å²) in [6.07, 6.45) is 10.4. The quantitative estimate of drug-likeness (QED) is 0.124. The van der Waals surface area contributed by atoms with Gasteiger partial charge in [-0.15, -0.1) is 59.7 Å². The van der Waals surface area contributed by atoms with Crippen molar-refractivity contribution < 1.29 is 30.3 Å². The van der Waals surface area contributed by atoms with Gasteiger partial charge in [-0.2, -0.15) is 0 Å². The molecule has 6 heteroatoms. The first-order valence-electron chi connectivity index (χ1n) is 16.4. The zero-order chi connectivity index (χ0) is 32.5. The summed E-state index contributed by atoms with van der Waals surface area (Å²) in [5.41, 5.74) is 7.48. The molecule has 0 unspecified atom stereocenters. The van der Waals surface area contributed by atoms with Gasteiger partial charge in [0.2, 0.25) is 0 Å². The first-order chi connectivity index (χ1) is 22.0. The third-order valence-corrected chi connectivity index (χ3v) is 10.7. The number of rotatable bonds is 6. The van der Waals surface area contributed by atoms with Gasteiger partial charge in [0, 0.05) is 45.3 Å². The van der Waals surface area contributed by atoms with E-state index < -0.39 is 14.0 Å². The van der Waals surface area contributed by atoms with Crippen LogP contribution >= 0.6 is 0 Å². The van der Waals surface area contributed by atoms with Crippen molar-refractivity contribution in [3.63, 3.8) is 0 Å². The van der Waals surface area contributed by atoms with Crippen molar-refractivity contribution in [2.45, 2.75) is 71.5 Å². The molecule has 0 N–H and O–H groups in total. The van der Waals surface area contributed by atoms with Crippen LogP contribution in [-0.2, 0) is 26.5 Å². The minimum absolute atomic E-state index is 0. The maximum atomic E-state index is 13.4. The van der Waals surface area contributed by atoms with Crippen LogP contribution in [0.15, 0.2) is 89.6 Å².